The largest absolute Gasteiger partial charge is 0.433 e. The fourth-order valence-corrected chi connectivity index (χ4v) is 4.10. The number of aliphatic imine (C=N–C) groups is 1. The van der Waals surface area contributed by atoms with Crippen LogP contribution in [0.15, 0.2) is 35.5 Å². The predicted octanol–water partition coefficient (Wildman–Crippen LogP) is 3.17. The highest BCUT2D eigenvalue weighted by Crippen LogP contribution is 2.32. The average Bonchev–Trinajstić information content (AvgIpc) is 3.14. The number of thioether (sulfide) groups is 1. The van der Waals surface area contributed by atoms with Crippen LogP contribution in [0.5, 0.6) is 0 Å². The first-order chi connectivity index (χ1) is 13.4. The highest BCUT2D eigenvalue weighted by atomic mass is 32.2. The second-order valence-electron chi connectivity index (χ2n) is 6.67. The van der Waals surface area contributed by atoms with Crippen LogP contribution in [0.3, 0.4) is 0 Å². The lowest BCUT2D eigenvalue weighted by molar-refractivity contribution is -0.141. The van der Waals surface area contributed by atoms with Crippen molar-refractivity contribution in [2.24, 2.45) is 4.99 Å². The van der Waals surface area contributed by atoms with Gasteiger partial charge in [-0.1, -0.05) is 24.8 Å². The van der Waals surface area contributed by atoms with Gasteiger partial charge in [0.15, 0.2) is 16.7 Å². The normalized spacial score (nSPS) is 20.4. The zero-order chi connectivity index (χ0) is 19.7. The van der Waals surface area contributed by atoms with Crippen molar-refractivity contribution in [1.29, 1.82) is 0 Å². The lowest BCUT2D eigenvalue weighted by Crippen LogP contribution is -2.48. The molecule has 1 saturated heterocycles. The van der Waals surface area contributed by atoms with Gasteiger partial charge < -0.3 is 9.80 Å². The summed E-state index contributed by atoms with van der Waals surface area (Å²) < 4.78 is 40.1. The van der Waals surface area contributed by atoms with Crippen molar-refractivity contribution in [1.82, 2.24) is 19.9 Å². The minimum Gasteiger partial charge on any atom is -0.353 e. The van der Waals surface area contributed by atoms with Crippen molar-refractivity contribution in [3.8, 4) is 11.5 Å². The van der Waals surface area contributed by atoms with Gasteiger partial charge in [-0.25, -0.2) is 9.97 Å². The van der Waals surface area contributed by atoms with E-state index in [0.717, 1.165) is 17.8 Å². The Kier molecular flexibility index (Phi) is 5.13. The summed E-state index contributed by atoms with van der Waals surface area (Å²) in [7, 11) is 0. The Bertz CT molecular complexity index is 865. The molecule has 0 spiro atoms. The molecule has 148 valence electrons. The fraction of sp³-hybridized carbons (Fsp3) is 0.444. The third-order valence-electron chi connectivity index (χ3n) is 4.56. The summed E-state index contributed by atoms with van der Waals surface area (Å²) in [5.41, 5.74) is -0.635. The molecular formula is C18H19F3N6S. The maximum Gasteiger partial charge on any atom is 0.433 e. The van der Waals surface area contributed by atoms with E-state index in [1.165, 1.54) is 6.20 Å². The molecule has 0 amide bonds. The van der Waals surface area contributed by atoms with Gasteiger partial charge in [0.05, 0.1) is 6.54 Å². The van der Waals surface area contributed by atoms with Crippen LogP contribution in [-0.4, -0.2) is 63.0 Å². The van der Waals surface area contributed by atoms with E-state index in [2.05, 4.69) is 31.8 Å². The summed E-state index contributed by atoms with van der Waals surface area (Å²) >= 11 is 1.75. The number of rotatable bonds is 2. The molecule has 0 N–H and O–H groups in total. The Morgan fingerprint density at radius 2 is 1.82 bits per heavy atom. The molecule has 0 bridgehead atoms. The lowest BCUT2D eigenvalue weighted by Gasteiger charge is -2.36. The number of halogens is 3. The third kappa shape index (κ3) is 4.06. The maximum atomic E-state index is 13.4. The van der Waals surface area contributed by atoms with Crippen LogP contribution < -0.4 is 4.90 Å². The van der Waals surface area contributed by atoms with Crippen LogP contribution in [0.1, 0.15) is 12.6 Å². The van der Waals surface area contributed by atoms with Gasteiger partial charge in [-0.05, 0) is 12.1 Å². The molecule has 0 aromatic carbocycles. The Morgan fingerprint density at radius 3 is 2.43 bits per heavy atom. The van der Waals surface area contributed by atoms with Gasteiger partial charge >= 0.3 is 6.18 Å². The van der Waals surface area contributed by atoms with Gasteiger partial charge in [-0.3, -0.25) is 9.98 Å². The lowest BCUT2D eigenvalue weighted by atomic mass is 10.2. The number of pyridine rings is 1. The number of nitrogens with zero attached hydrogens (tertiary/aromatic N) is 6. The summed E-state index contributed by atoms with van der Waals surface area (Å²) in [6.45, 7) is 5.49. The molecule has 6 nitrogen and oxygen atoms in total. The topological polar surface area (TPSA) is 57.5 Å². The van der Waals surface area contributed by atoms with Crippen LogP contribution in [0.2, 0.25) is 0 Å². The smallest absolute Gasteiger partial charge is 0.353 e. The van der Waals surface area contributed by atoms with E-state index >= 15 is 0 Å². The molecule has 10 heteroatoms. The highest BCUT2D eigenvalue weighted by Gasteiger charge is 2.35. The van der Waals surface area contributed by atoms with Gasteiger partial charge in [-0.2, -0.15) is 13.2 Å². The average molecular weight is 408 g/mol. The monoisotopic (exact) mass is 408 g/mol. The van der Waals surface area contributed by atoms with Crippen molar-refractivity contribution in [3.63, 3.8) is 0 Å². The minimum atomic E-state index is -4.55. The third-order valence-corrected chi connectivity index (χ3v) is 5.71. The van der Waals surface area contributed by atoms with E-state index < -0.39 is 11.9 Å². The van der Waals surface area contributed by atoms with E-state index in [1.54, 1.807) is 30.0 Å². The number of alkyl halides is 3. The standard InChI is InChI=1S/C18H19F3N6S/c1-12-11-23-17(28-12)27-8-6-26(7-9-27)15-10-14(18(19,20)21)24-16(25-15)13-4-2-3-5-22-13/h2-5,10,12H,6-9,11H2,1H3. The number of hydrogen-bond acceptors (Lipinski definition) is 7. The molecule has 2 aliphatic rings. The van der Waals surface area contributed by atoms with Crippen LogP contribution in [-0.2, 0) is 6.18 Å². The minimum absolute atomic E-state index is 0.0163. The second-order valence-corrected chi connectivity index (χ2v) is 8.08. The molecule has 0 saturated carbocycles. The number of aromatic nitrogens is 3. The van der Waals surface area contributed by atoms with Crippen molar-refractivity contribution in [2.75, 3.05) is 37.6 Å². The van der Waals surface area contributed by atoms with Crippen LogP contribution in [0, 0.1) is 0 Å². The first kappa shape index (κ1) is 19.0. The van der Waals surface area contributed by atoms with Crippen molar-refractivity contribution >= 4 is 22.7 Å². The molecule has 28 heavy (non-hydrogen) atoms. The summed E-state index contributed by atoms with van der Waals surface area (Å²) in [5.74, 6) is 0.259. The summed E-state index contributed by atoms with van der Waals surface area (Å²) in [5, 5.41) is 1.50. The zero-order valence-corrected chi connectivity index (χ0v) is 16.0. The Balaban J connectivity index is 1.57. The summed E-state index contributed by atoms with van der Waals surface area (Å²) in [4.78, 5) is 20.8. The highest BCUT2D eigenvalue weighted by molar-refractivity contribution is 8.14. The predicted molar refractivity (Wildman–Crippen MR) is 103 cm³/mol. The Hall–Kier alpha value is -2.36. The summed E-state index contributed by atoms with van der Waals surface area (Å²) in [6, 6.07) is 6.02. The number of piperazine rings is 1. The molecule has 1 fully saturated rings. The molecule has 2 aromatic heterocycles. The maximum absolute atomic E-state index is 13.4. The Labute approximate surface area is 164 Å². The van der Waals surface area contributed by atoms with E-state index in [1.807, 2.05) is 4.90 Å². The van der Waals surface area contributed by atoms with Crippen LogP contribution >= 0.6 is 11.8 Å². The molecular weight excluding hydrogens is 389 g/mol. The molecule has 4 heterocycles. The molecule has 2 aliphatic heterocycles. The van der Waals surface area contributed by atoms with Crippen molar-refractivity contribution in [2.45, 2.75) is 18.3 Å². The van der Waals surface area contributed by atoms with Crippen LogP contribution in [0.4, 0.5) is 19.0 Å². The molecule has 1 unspecified atom stereocenters. The van der Waals surface area contributed by atoms with E-state index in [4.69, 9.17) is 0 Å². The van der Waals surface area contributed by atoms with Gasteiger partial charge in [0.2, 0.25) is 0 Å². The van der Waals surface area contributed by atoms with Crippen molar-refractivity contribution in [3.05, 3.63) is 36.2 Å². The van der Waals surface area contributed by atoms with Gasteiger partial charge in [0, 0.05) is 43.7 Å². The van der Waals surface area contributed by atoms with Gasteiger partial charge in [0.1, 0.15) is 11.5 Å². The molecule has 1 atom stereocenters. The van der Waals surface area contributed by atoms with E-state index in [-0.39, 0.29) is 11.6 Å². The van der Waals surface area contributed by atoms with Crippen molar-refractivity contribution < 1.29 is 13.2 Å². The van der Waals surface area contributed by atoms with E-state index in [0.29, 0.717) is 37.1 Å². The first-order valence-corrected chi connectivity index (χ1v) is 9.87. The quantitative estimate of drug-likeness (QED) is 0.761. The SMILES string of the molecule is CC1CN=C(N2CCN(c3cc(C(F)(F)F)nc(-c4ccccn4)n3)CC2)S1. The number of hydrogen-bond donors (Lipinski definition) is 0. The number of anilines is 1. The van der Waals surface area contributed by atoms with Gasteiger partial charge in [-0.15, -0.1) is 0 Å². The first-order valence-electron chi connectivity index (χ1n) is 8.99. The molecule has 2 aromatic rings. The molecule has 0 radical (unpaired) electrons. The fourth-order valence-electron chi connectivity index (χ4n) is 3.11. The van der Waals surface area contributed by atoms with Gasteiger partial charge in [0.25, 0.3) is 0 Å². The number of amidine groups is 1. The molecule has 4 rings (SSSR count). The van der Waals surface area contributed by atoms with Crippen LogP contribution in [0.25, 0.3) is 11.5 Å². The molecule has 0 aliphatic carbocycles. The zero-order valence-electron chi connectivity index (χ0n) is 15.2. The second kappa shape index (κ2) is 7.57. The van der Waals surface area contributed by atoms with E-state index in [9.17, 15) is 13.2 Å². The Morgan fingerprint density at radius 1 is 1.07 bits per heavy atom. The summed E-state index contributed by atoms with van der Waals surface area (Å²) in [6.07, 6.45) is -3.03.